The molecule has 0 saturated heterocycles. The van der Waals surface area contributed by atoms with Gasteiger partial charge in [0, 0.05) is 18.5 Å². The van der Waals surface area contributed by atoms with Gasteiger partial charge in [-0.15, -0.1) is 0 Å². The maximum Gasteiger partial charge on any atom is 0.273 e. The van der Waals surface area contributed by atoms with Gasteiger partial charge in [0.05, 0.1) is 0 Å². The number of rotatable bonds is 7. The highest BCUT2D eigenvalue weighted by molar-refractivity contribution is 5.30. The molecule has 0 aliphatic rings. The van der Waals surface area contributed by atoms with Gasteiger partial charge in [-0.1, -0.05) is 45.4 Å². The molecule has 1 nitrogen and oxygen atoms in total. The van der Waals surface area contributed by atoms with Crippen molar-refractivity contribution in [1.82, 2.24) is 5.32 Å². The van der Waals surface area contributed by atoms with Crippen LogP contribution in [0.2, 0.25) is 0 Å². The zero-order chi connectivity index (χ0) is 14.5. The van der Waals surface area contributed by atoms with Crippen molar-refractivity contribution in [1.29, 1.82) is 0 Å². The molecule has 0 heterocycles. The Morgan fingerprint density at radius 1 is 1.26 bits per heavy atom. The maximum absolute atomic E-state index is 14.0. The third kappa shape index (κ3) is 4.27. The predicted molar refractivity (Wildman–Crippen MR) is 76.7 cm³/mol. The molecule has 0 fully saturated rings. The largest absolute Gasteiger partial charge is 0.319 e. The average Bonchev–Trinajstić information content (AvgIpc) is 2.35. The summed E-state index contributed by atoms with van der Waals surface area (Å²) in [7, 11) is 1.89. The van der Waals surface area contributed by atoms with Crippen molar-refractivity contribution in [2.24, 2.45) is 5.92 Å². The van der Waals surface area contributed by atoms with E-state index in [0.717, 1.165) is 12.1 Å². The van der Waals surface area contributed by atoms with Gasteiger partial charge in [0.2, 0.25) is 0 Å². The second-order valence-corrected chi connectivity index (χ2v) is 5.49. The van der Waals surface area contributed by atoms with Crippen LogP contribution in [0.3, 0.4) is 0 Å². The molecule has 0 aliphatic heterocycles. The van der Waals surface area contributed by atoms with Gasteiger partial charge < -0.3 is 5.32 Å². The molecule has 1 unspecified atom stereocenters. The molecular formula is C16H25F2N. The Hall–Kier alpha value is -0.960. The smallest absolute Gasteiger partial charge is 0.273 e. The highest BCUT2D eigenvalue weighted by Crippen LogP contribution is 2.35. The van der Waals surface area contributed by atoms with Crippen LogP contribution in [0.1, 0.15) is 50.7 Å². The van der Waals surface area contributed by atoms with Gasteiger partial charge in [0.15, 0.2) is 0 Å². The molecule has 0 bridgehead atoms. The van der Waals surface area contributed by atoms with E-state index in [0.29, 0.717) is 12.3 Å². The Morgan fingerprint density at radius 2 is 1.95 bits per heavy atom. The summed E-state index contributed by atoms with van der Waals surface area (Å²) in [6, 6.07) is 6.92. The van der Waals surface area contributed by atoms with Gasteiger partial charge in [0.25, 0.3) is 5.92 Å². The minimum absolute atomic E-state index is 0.0885. The molecule has 0 radical (unpaired) electrons. The van der Waals surface area contributed by atoms with Crippen molar-refractivity contribution in [3.63, 3.8) is 0 Å². The lowest BCUT2D eigenvalue weighted by Gasteiger charge is -2.23. The number of halogens is 2. The van der Waals surface area contributed by atoms with E-state index in [9.17, 15) is 8.78 Å². The molecule has 0 aromatic heterocycles. The van der Waals surface area contributed by atoms with E-state index in [1.165, 1.54) is 6.07 Å². The van der Waals surface area contributed by atoms with E-state index in [4.69, 9.17) is 0 Å². The van der Waals surface area contributed by atoms with Gasteiger partial charge in [-0.05, 0) is 30.5 Å². The van der Waals surface area contributed by atoms with Crippen LogP contribution < -0.4 is 5.32 Å². The van der Waals surface area contributed by atoms with Gasteiger partial charge in [-0.25, -0.2) is 8.78 Å². The molecule has 3 heteroatoms. The van der Waals surface area contributed by atoms with Crippen molar-refractivity contribution in [3.8, 4) is 0 Å². The van der Waals surface area contributed by atoms with E-state index in [1.54, 1.807) is 19.1 Å². The summed E-state index contributed by atoms with van der Waals surface area (Å²) in [4.78, 5) is 0. The molecular weight excluding hydrogens is 244 g/mol. The molecule has 1 N–H and O–H groups in total. The van der Waals surface area contributed by atoms with Crippen molar-refractivity contribution < 1.29 is 8.78 Å². The van der Waals surface area contributed by atoms with Crippen molar-refractivity contribution >= 4 is 0 Å². The number of alkyl halides is 2. The minimum Gasteiger partial charge on any atom is -0.319 e. The van der Waals surface area contributed by atoms with Crippen LogP contribution in [0.5, 0.6) is 0 Å². The van der Waals surface area contributed by atoms with E-state index >= 15 is 0 Å². The zero-order valence-corrected chi connectivity index (χ0v) is 12.3. The van der Waals surface area contributed by atoms with Gasteiger partial charge >= 0.3 is 0 Å². The van der Waals surface area contributed by atoms with E-state index in [1.807, 2.05) is 13.1 Å². The zero-order valence-electron chi connectivity index (χ0n) is 12.3. The second-order valence-electron chi connectivity index (χ2n) is 5.49. The first-order chi connectivity index (χ1) is 8.92. The SMILES string of the molecule is CCCC(F)(F)c1cccc(C(CNC)C(C)C)c1. The Morgan fingerprint density at radius 3 is 2.47 bits per heavy atom. The molecule has 108 valence electrons. The standard InChI is InChI=1S/C16H25F2N/c1-5-9-16(17,18)14-8-6-7-13(10-14)15(11-19-4)12(2)3/h6-8,10,12,15,19H,5,9,11H2,1-4H3. The topological polar surface area (TPSA) is 12.0 Å². The van der Waals surface area contributed by atoms with Crippen molar-refractivity contribution in [3.05, 3.63) is 35.4 Å². The summed E-state index contributed by atoms with van der Waals surface area (Å²) in [5.41, 5.74) is 1.14. The number of nitrogens with one attached hydrogen (secondary N) is 1. The van der Waals surface area contributed by atoms with Crippen molar-refractivity contribution in [2.75, 3.05) is 13.6 Å². The molecule has 1 aromatic carbocycles. The summed E-state index contributed by atoms with van der Waals surface area (Å²) in [5, 5.41) is 3.14. The fourth-order valence-corrected chi connectivity index (χ4v) is 2.41. The Labute approximate surface area is 115 Å². The lowest BCUT2D eigenvalue weighted by atomic mass is 9.86. The maximum atomic E-state index is 14.0. The van der Waals surface area contributed by atoms with Crippen LogP contribution in [-0.2, 0) is 5.92 Å². The normalized spacial score (nSPS) is 13.8. The van der Waals surface area contributed by atoms with Gasteiger partial charge in [-0.3, -0.25) is 0 Å². The Kier molecular flexibility index (Phi) is 5.92. The molecule has 0 saturated carbocycles. The summed E-state index contributed by atoms with van der Waals surface area (Å²) in [5.74, 6) is -2.03. The summed E-state index contributed by atoms with van der Waals surface area (Å²) in [6.45, 7) is 6.84. The quantitative estimate of drug-likeness (QED) is 0.766. The fourth-order valence-electron chi connectivity index (χ4n) is 2.41. The monoisotopic (exact) mass is 269 g/mol. The predicted octanol–water partition coefficient (Wildman–Crippen LogP) is 4.54. The van der Waals surface area contributed by atoms with Crippen LogP contribution in [0.25, 0.3) is 0 Å². The van der Waals surface area contributed by atoms with E-state index in [2.05, 4.69) is 19.2 Å². The van der Waals surface area contributed by atoms with Crippen LogP contribution in [-0.4, -0.2) is 13.6 Å². The molecule has 0 aliphatic carbocycles. The first-order valence-corrected chi connectivity index (χ1v) is 7.05. The third-order valence-electron chi connectivity index (χ3n) is 3.53. The highest BCUT2D eigenvalue weighted by atomic mass is 19.3. The fraction of sp³-hybridized carbons (Fsp3) is 0.625. The molecule has 1 atom stereocenters. The van der Waals surface area contributed by atoms with Crippen LogP contribution in [0.15, 0.2) is 24.3 Å². The lowest BCUT2D eigenvalue weighted by molar-refractivity contribution is -0.0141. The van der Waals surface area contributed by atoms with Gasteiger partial charge in [-0.2, -0.15) is 0 Å². The highest BCUT2D eigenvalue weighted by Gasteiger charge is 2.30. The first-order valence-electron chi connectivity index (χ1n) is 7.05. The van der Waals surface area contributed by atoms with Crippen LogP contribution in [0.4, 0.5) is 8.78 Å². The second kappa shape index (κ2) is 6.99. The number of hydrogen-bond acceptors (Lipinski definition) is 1. The van der Waals surface area contributed by atoms with E-state index in [-0.39, 0.29) is 17.9 Å². The number of likely N-dealkylation sites (N-methyl/N-ethyl adjacent to an activating group) is 1. The molecule has 0 spiro atoms. The Bertz CT molecular complexity index is 388. The van der Waals surface area contributed by atoms with Gasteiger partial charge in [0.1, 0.15) is 0 Å². The number of hydrogen-bond donors (Lipinski definition) is 1. The average molecular weight is 269 g/mol. The number of benzene rings is 1. The van der Waals surface area contributed by atoms with Crippen LogP contribution >= 0.6 is 0 Å². The molecule has 1 aromatic rings. The minimum atomic E-state index is -2.72. The third-order valence-corrected chi connectivity index (χ3v) is 3.53. The Balaban J connectivity index is 3.04. The molecule has 1 rings (SSSR count). The summed E-state index contributed by atoms with van der Waals surface area (Å²) >= 11 is 0. The molecule has 0 amide bonds. The van der Waals surface area contributed by atoms with E-state index < -0.39 is 5.92 Å². The summed E-state index contributed by atoms with van der Waals surface area (Å²) in [6.07, 6.45) is 0.399. The molecule has 19 heavy (non-hydrogen) atoms. The first kappa shape index (κ1) is 16.1. The lowest BCUT2D eigenvalue weighted by Crippen LogP contribution is -2.22. The summed E-state index contributed by atoms with van der Waals surface area (Å²) < 4.78 is 27.9. The van der Waals surface area contributed by atoms with Crippen LogP contribution in [0, 0.1) is 5.92 Å². The van der Waals surface area contributed by atoms with Crippen molar-refractivity contribution in [2.45, 2.75) is 45.5 Å².